The van der Waals surface area contributed by atoms with Gasteiger partial charge in [0.2, 0.25) is 5.91 Å². The van der Waals surface area contributed by atoms with Gasteiger partial charge in [0.05, 0.1) is 24.8 Å². The number of likely N-dealkylation sites (N-methyl/N-ethyl adjacent to an activating group) is 1. The maximum Gasteiger partial charge on any atom is 0.264 e. The topological polar surface area (TPSA) is 76.2 Å². The first-order valence-electron chi connectivity index (χ1n) is 10.5. The first-order chi connectivity index (χ1) is 16.2. The van der Waals surface area contributed by atoms with Gasteiger partial charge in [-0.05, 0) is 60.5 Å². The number of sulfonamides is 1. The molecule has 0 saturated carbocycles. The zero-order valence-electron chi connectivity index (χ0n) is 19.5. The van der Waals surface area contributed by atoms with Gasteiger partial charge < -0.3 is 14.4 Å². The van der Waals surface area contributed by atoms with Gasteiger partial charge in [-0.3, -0.25) is 9.10 Å². The van der Waals surface area contributed by atoms with Gasteiger partial charge in [0.1, 0.15) is 6.54 Å². The van der Waals surface area contributed by atoms with E-state index in [2.05, 4.69) is 0 Å². The number of hydrogen-bond acceptors (Lipinski definition) is 5. The predicted molar refractivity (Wildman–Crippen MR) is 133 cm³/mol. The molecule has 3 aromatic rings. The number of nitrogens with zero attached hydrogens (tertiary/aromatic N) is 2. The molecule has 7 nitrogen and oxygen atoms in total. The molecule has 0 saturated heterocycles. The zero-order chi connectivity index (χ0) is 24.9. The number of carbonyl (C=O) groups excluding carboxylic acids is 1. The second-order valence-electron chi connectivity index (χ2n) is 7.69. The number of aryl methyl sites for hydroxylation is 1. The van der Waals surface area contributed by atoms with Crippen LogP contribution in [0, 0.1) is 6.92 Å². The first kappa shape index (κ1) is 25.4. The maximum atomic E-state index is 13.5. The summed E-state index contributed by atoms with van der Waals surface area (Å²) in [5.41, 5.74) is 1.98. The largest absolute Gasteiger partial charge is 0.493 e. The molecule has 0 unspecified atom stereocenters. The van der Waals surface area contributed by atoms with Gasteiger partial charge in [-0.15, -0.1) is 0 Å². The highest BCUT2D eigenvalue weighted by atomic mass is 35.5. The Balaban J connectivity index is 1.90. The van der Waals surface area contributed by atoms with Gasteiger partial charge in [-0.1, -0.05) is 35.9 Å². The molecule has 0 spiro atoms. The van der Waals surface area contributed by atoms with Crippen molar-refractivity contribution in [2.45, 2.75) is 18.4 Å². The van der Waals surface area contributed by atoms with E-state index < -0.39 is 10.0 Å². The van der Waals surface area contributed by atoms with E-state index in [0.29, 0.717) is 22.2 Å². The molecule has 0 aliphatic heterocycles. The van der Waals surface area contributed by atoms with Crippen LogP contribution in [0.4, 0.5) is 5.69 Å². The normalized spacial score (nSPS) is 11.1. The lowest BCUT2D eigenvalue weighted by atomic mass is 10.2. The van der Waals surface area contributed by atoms with E-state index in [-0.39, 0.29) is 23.9 Å². The number of methoxy groups -OCH3 is 2. The van der Waals surface area contributed by atoms with Gasteiger partial charge >= 0.3 is 0 Å². The minimum absolute atomic E-state index is 0.0514. The van der Waals surface area contributed by atoms with E-state index >= 15 is 0 Å². The quantitative estimate of drug-likeness (QED) is 0.430. The average Bonchev–Trinajstić information content (AvgIpc) is 2.83. The van der Waals surface area contributed by atoms with Crippen molar-refractivity contribution in [1.82, 2.24) is 4.90 Å². The molecule has 0 aliphatic carbocycles. The summed E-state index contributed by atoms with van der Waals surface area (Å²) in [6.45, 7) is 1.71. The van der Waals surface area contributed by atoms with Crippen molar-refractivity contribution in [3.05, 3.63) is 82.9 Å². The van der Waals surface area contributed by atoms with Gasteiger partial charge in [-0.25, -0.2) is 8.42 Å². The van der Waals surface area contributed by atoms with Crippen LogP contribution in [0.5, 0.6) is 11.5 Å². The van der Waals surface area contributed by atoms with Crippen LogP contribution in [-0.4, -0.2) is 47.0 Å². The van der Waals surface area contributed by atoms with Gasteiger partial charge in [0.25, 0.3) is 10.0 Å². The predicted octanol–water partition coefficient (Wildman–Crippen LogP) is 4.52. The summed E-state index contributed by atoms with van der Waals surface area (Å²) in [6, 6.07) is 18.3. The SMILES string of the molecule is COc1ccc(CN(C)C(=O)CN(c2ccccc2C)S(=O)(=O)c2ccc(Cl)cc2)cc1OC. The number of rotatable bonds is 9. The van der Waals surface area contributed by atoms with Crippen LogP contribution in [0.1, 0.15) is 11.1 Å². The molecular weight excluding hydrogens is 476 g/mol. The fourth-order valence-electron chi connectivity index (χ4n) is 3.46. The van der Waals surface area contributed by atoms with Crippen molar-refractivity contribution >= 4 is 33.2 Å². The smallest absolute Gasteiger partial charge is 0.264 e. The fraction of sp³-hybridized carbons (Fsp3) is 0.240. The molecule has 0 fully saturated rings. The van der Waals surface area contributed by atoms with Gasteiger partial charge in [-0.2, -0.15) is 0 Å². The molecule has 3 rings (SSSR count). The third-order valence-electron chi connectivity index (χ3n) is 5.36. The van der Waals surface area contributed by atoms with Gasteiger partial charge in [0, 0.05) is 18.6 Å². The molecule has 0 radical (unpaired) electrons. The second-order valence-corrected chi connectivity index (χ2v) is 9.99. The van der Waals surface area contributed by atoms with E-state index in [9.17, 15) is 13.2 Å². The summed E-state index contributed by atoms with van der Waals surface area (Å²) in [6.07, 6.45) is 0. The highest BCUT2D eigenvalue weighted by Gasteiger charge is 2.29. The highest BCUT2D eigenvalue weighted by molar-refractivity contribution is 7.92. The second kappa shape index (κ2) is 10.8. The van der Waals surface area contributed by atoms with Crippen LogP contribution in [0.15, 0.2) is 71.6 Å². The van der Waals surface area contributed by atoms with Crippen LogP contribution in [0.25, 0.3) is 0 Å². The lowest BCUT2D eigenvalue weighted by Crippen LogP contribution is -2.41. The number of amides is 1. The Morgan fingerprint density at radius 3 is 2.21 bits per heavy atom. The van der Waals surface area contributed by atoms with Crippen molar-refractivity contribution in [2.75, 3.05) is 32.1 Å². The Hall–Kier alpha value is -3.23. The van der Waals surface area contributed by atoms with Crippen molar-refractivity contribution in [2.24, 2.45) is 0 Å². The Kier molecular flexibility index (Phi) is 8.06. The van der Waals surface area contributed by atoms with Crippen LogP contribution >= 0.6 is 11.6 Å². The number of para-hydroxylation sites is 1. The molecule has 0 N–H and O–H groups in total. The fourth-order valence-corrected chi connectivity index (χ4v) is 5.07. The average molecular weight is 503 g/mol. The summed E-state index contributed by atoms with van der Waals surface area (Å²) >= 11 is 5.94. The lowest BCUT2D eigenvalue weighted by molar-refractivity contribution is -0.128. The minimum Gasteiger partial charge on any atom is -0.493 e. The monoisotopic (exact) mass is 502 g/mol. The van der Waals surface area contributed by atoms with Crippen molar-refractivity contribution in [3.63, 3.8) is 0 Å². The van der Waals surface area contributed by atoms with Crippen LogP contribution in [0.3, 0.4) is 0 Å². The third kappa shape index (κ3) is 5.63. The molecule has 34 heavy (non-hydrogen) atoms. The van der Waals surface area contributed by atoms with E-state index in [0.717, 1.165) is 15.4 Å². The Labute approximate surface area is 205 Å². The zero-order valence-corrected chi connectivity index (χ0v) is 21.1. The van der Waals surface area contributed by atoms with Crippen molar-refractivity contribution < 1.29 is 22.7 Å². The third-order valence-corrected chi connectivity index (χ3v) is 7.38. The molecule has 9 heteroatoms. The minimum atomic E-state index is -4.02. The molecule has 1 amide bonds. The molecule has 0 atom stereocenters. The number of anilines is 1. The van der Waals surface area contributed by atoms with Crippen molar-refractivity contribution in [1.29, 1.82) is 0 Å². The van der Waals surface area contributed by atoms with E-state index in [1.54, 1.807) is 51.4 Å². The Morgan fingerprint density at radius 1 is 0.941 bits per heavy atom. The lowest BCUT2D eigenvalue weighted by Gasteiger charge is -2.28. The maximum absolute atomic E-state index is 13.5. The van der Waals surface area contributed by atoms with E-state index in [1.165, 1.54) is 36.3 Å². The number of benzene rings is 3. The van der Waals surface area contributed by atoms with Crippen molar-refractivity contribution in [3.8, 4) is 11.5 Å². The summed E-state index contributed by atoms with van der Waals surface area (Å²) in [5.74, 6) is 0.767. The Morgan fingerprint density at radius 2 is 1.59 bits per heavy atom. The summed E-state index contributed by atoms with van der Waals surface area (Å²) < 4.78 is 38.8. The number of carbonyl (C=O) groups is 1. The molecule has 0 aliphatic rings. The number of halogens is 1. The van der Waals surface area contributed by atoms with Gasteiger partial charge in [0.15, 0.2) is 11.5 Å². The molecular formula is C25H27ClN2O5S. The van der Waals surface area contributed by atoms with Crippen LogP contribution in [0.2, 0.25) is 5.02 Å². The van der Waals surface area contributed by atoms with E-state index in [1.807, 2.05) is 12.1 Å². The Bertz CT molecular complexity index is 1260. The summed E-state index contributed by atoms with van der Waals surface area (Å²) in [4.78, 5) is 14.7. The number of ether oxygens (including phenoxy) is 2. The van der Waals surface area contributed by atoms with Crippen LogP contribution in [-0.2, 0) is 21.4 Å². The standard InChI is InChI=1S/C25H27ClN2O5S/c1-18-7-5-6-8-22(18)28(34(30,31)21-12-10-20(26)11-13-21)17-25(29)27(2)16-19-9-14-23(32-3)24(15-19)33-4/h5-15H,16-17H2,1-4H3. The molecule has 3 aromatic carbocycles. The number of hydrogen-bond donors (Lipinski definition) is 0. The first-order valence-corrected chi connectivity index (χ1v) is 12.3. The molecule has 0 bridgehead atoms. The molecule has 180 valence electrons. The molecule has 0 heterocycles. The molecule has 0 aromatic heterocycles. The summed E-state index contributed by atoms with van der Waals surface area (Å²) in [7, 11) is 0.695. The van der Waals surface area contributed by atoms with E-state index in [4.69, 9.17) is 21.1 Å². The summed E-state index contributed by atoms with van der Waals surface area (Å²) in [5, 5.41) is 0.423. The van der Waals surface area contributed by atoms with Crippen LogP contribution < -0.4 is 13.8 Å². The highest BCUT2D eigenvalue weighted by Crippen LogP contribution is 2.29.